The second-order valence-corrected chi connectivity index (χ2v) is 3.35. The Morgan fingerprint density at radius 3 is 2.26 bits per heavy atom. The van der Waals surface area contributed by atoms with Crippen LogP contribution in [0, 0.1) is 10.1 Å². The van der Waals surface area contributed by atoms with Crippen LogP contribution < -0.4 is 0 Å². The van der Waals surface area contributed by atoms with E-state index in [9.17, 15) is 14.9 Å². The summed E-state index contributed by atoms with van der Waals surface area (Å²) in [5, 5.41) is 10.5. The third-order valence-electron chi connectivity index (χ3n) is 2.07. The number of hydrogen-bond acceptors (Lipinski definition) is 5. The molecule has 19 heavy (non-hydrogen) atoms. The molecule has 0 aliphatic rings. The number of hydrogen-bond donors (Lipinski definition) is 0. The van der Waals surface area contributed by atoms with Gasteiger partial charge in [-0.15, -0.1) is 4.99 Å². The van der Waals surface area contributed by atoms with Gasteiger partial charge in [0.1, 0.15) is 0 Å². The first kappa shape index (κ1) is 14.6. The Morgan fingerprint density at radius 1 is 1.21 bits per heavy atom. The van der Waals surface area contributed by atoms with Crippen molar-refractivity contribution in [1.82, 2.24) is 0 Å². The van der Waals surface area contributed by atoms with Crippen LogP contribution in [-0.4, -0.2) is 30.1 Å². The lowest BCUT2D eigenvalue weighted by Gasteiger charge is -2.06. The quantitative estimate of drug-likeness (QED) is 0.361. The number of amides is 1. The van der Waals surface area contributed by atoms with Crippen LogP contribution in [0.15, 0.2) is 29.3 Å². The van der Waals surface area contributed by atoms with Gasteiger partial charge in [-0.2, -0.15) is 0 Å². The highest BCUT2D eigenvalue weighted by Gasteiger charge is 2.11. The van der Waals surface area contributed by atoms with Gasteiger partial charge in [0, 0.05) is 17.7 Å². The lowest BCUT2D eigenvalue weighted by Crippen LogP contribution is -2.11. The number of rotatable bonds is 4. The molecule has 0 aliphatic carbocycles. The third-order valence-corrected chi connectivity index (χ3v) is 2.07. The maximum Gasteiger partial charge on any atom is 0.436 e. The van der Waals surface area contributed by atoms with Crippen LogP contribution in [0.3, 0.4) is 0 Å². The van der Waals surface area contributed by atoms with Gasteiger partial charge in [0.05, 0.1) is 18.1 Å². The van der Waals surface area contributed by atoms with Crippen molar-refractivity contribution in [2.75, 3.05) is 13.2 Å². The van der Waals surface area contributed by atoms with E-state index >= 15 is 0 Å². The van der Waals surface area contributed by atoms with Gasteiger partial charge in [0.15, 0.2) is 0 Å². The number of non-ortho nitro benzene ring substituents is 1. The number of benzene rings is 1. The molecule has 0 aromatic heterocycles. The second-order valence-electron chi connectivity index (χ2n) is 3.35. The van der Waals surface area contributed by atoms with Crippen molar-refractivity contribution in [3.63, 3.8) is 0 Å². The molecule has 0 heterocycles. The molecule has 0 aliphatic heterocycles. The highest BCUT2D eigenvalue weighted by atomic mass is 16.6. The Kier molecular flexibility index (Phi) is 5.46. The fourth-order valence-corrected chi connectivity index (χ4v) is 1.28. The Hall–Kier alpha value is -2.44. The van der Waals surface area contributed by atoms with E-state index in [0.29, 0.717) is 12.2 Å². The van der Waals surface area contributed by atoms with Gasteiger partial charge in [-0.1, -0.05) is 0 Å². The van der Waals surface area contributed by atoms with Crippen molar-refractivity contribution in [3.8, 4) is 0 Å². The summed E-state index contributed by atoms with van der Waals surface area (Å²) in [5.74, 6) is 0.0795. The summed E-state index contributed by atoms with van der Waals surface area (Å²) < 4.78 is 9.91. The van der Waals surface area contributed by atoms with Gasteiger partial charge >= 0.3 is 6.09 Å². The number of carbonyl (C=O) groups excluding carboxylic acids is 1. The normalized spacial score (nSPS) is 10.9. The molecule has 1 aromatic rings. The number of nitro benzene ring substituents is 1. The van der Waals surface area contributed by atoms with E-state index in [4.69, 9.17) is 4.74 Å². The zero-order valence-corrected chi connectivity index (χ0v) is 10.7. The van der Waals surface area contributed by atoms with E-state index in [-0.39, 0.29) is 18.2 Å². The smallest absolute Gasteiger partial charge is 0.436 e. The zero-order chi connectivity index (χ0) is 14.3. The summed E-state index contributed by atoms with van der Waals surface area (Å²) in [5.41, 5.74) is 0.427. The predicted octanol–water partition coefficient (Wildman–Crippen LogP) is 2.53. The van der Waals surface area contributed by atoms with Crippen LogP contribution in [0.25, 0.3) is 0 Å². The van der Waals surface area contributed by atoms with Gasteiger partial charge in [0.2, 0.25) is 5.90 Å². The molecule has 0 unspecified atom stereocenters. The van der Waals surface area contributed by atoms with E-state index < -0.39 is 11.0 Å². The van der Waals surface area contributed by atoms with Crippen molar-refractivity contribution in [2.45, 2.75) is 13.8 Å². The van der Waals surface area contributed by atoms with E-state index in [1.807, 2.05) is 0 Å². The minimum Gasteiger partial charge on any atom is -0.477 e. The van der Waals surface area contributed by atoms with Crippen molar-refractivity contribution in [1.29, 1.82) is 0 Å². The third kappa shape index (κ3) is 4.38. The Morgan fingerprint density at radius 2 is 1.79 bits per heavy atom. The average Bonchev–Trinajstić information content (AvgIpc) is 2.38. The first-order valence-corrected chi connectivity index (χ1v) is 5.71. The average molecular weight is 266 g/mol. The molecule has 0 spiro atoms. The maximum absolute atomic E-state index is 11.3. The Balaban J connectivity index is 2.98. The molecule has 0 saturated heterocycles. The van der Waals surface area contributed by atoms with Crippen molar-refractivity contribution in [2.24, 2.45) is 4.99 Å². The van der Waals surface area contributed by atoms with Crippen LogP contribution in [0.5, 0.6) is 0 Å². The standard InChI is InChI=1S/C12H14N2O5/c1-3-18-11(13-12(15)19-4-2)9-5-7-10(8-6-9)14(16)17/h5-8H,3-4H2,1-2H3. The molecule has 0 bridgehead atoms. The minimum atomic E-state index is -0.760. The van der Waals surface area contributed by atoms with Crippen LogP contribution in [0.2, 0.25) is 0 Å². The van der Waals surface area contributed by atoms with E-state index in [1.54, 1.807) is 13.8 Å². The molecule has 0 radical (unpaired) electrons. The number of nitro groups is 1. The molecular formula is C12H14N2O5. The number of nitrogens with zero attached hydrogens (tertiary/aromatic N) is 2. The summed E-state index contributed by atoms with van der Waals surface area (Å²) >= 11 is 0. The summed E-state index contributed by atoms with van der Waals surface area (Å²) in [6.07, 6.45) is -0.760. The van der Waals surface area contributed by atoms with Crippen LogP contribution >= 0.6 is 0 Å². The lowest BCUT2D eigenvalue weighted by molar-refractivity contribution is -0.384. The van der Waals surface area contributed by atoms with Crippen LogP contribution in [-0.2, 0) is 9.47 Å². The topological polar surface area (TPSA) is 91.0 Å². The summed E-state index contributed by atoms with van der Waals surface area (Å²) in [4.78, 5) is 25.0. The monoisotopic (exact) mass is 266 g/mol. The molecule has 1 aromatic carbocycles. The highest BCUT2D eigenvalue weighted by Crippen LogP contribution is 2.13. The van der Waals surface area contributed by atoms with Gasteiger partial charge in [0.25, 0.3) is 5.69 Å². The minimum absolute atomic E-state index is 0.0456. The van der Waals surface area contributed by atoms with E-state index in [2.05, 4.69) is 9.73 Å². The molecular weight excluding hydrogens is 252 g/mol. The van der Waals surface area contributed by atoms with Crippen LogP contribution in [0.4, 0.5) is 10.5 Å². The first-order chi connectivity index (χ1) is 9.08. The molecule has 7 heteroatoms. The SMILES string of the molecule is CCOC(=O)N=C(OCC)c1ccc([N+](=O)[O-])cc1. The van der Waals surface area contributed by atoms with Gasteiger partial charge in [-0.25, -0.2) is 4.79 Å². The molecule has 0 N–H and O–H groups in total. The highest BCUT2D eigenvalue weighted by molar-refractivity contribution is 6.00. The maximum atomic E-state index is 11.3. The fraction of sp³-hybridized carbons (Fsp3) is 0.333. The molecule has 0 fully saturated rings. The molecule has 1 rings (SSSR count). The fourth-order valence-electron chi connectivity index (χ4n) is 1.28. The number of ether oxygens (including phenoxy) is 2. The van der Waals surface area contributed by atoms with Gasteiger partial charge in [-0.05, 0) is 26.0 Å². The summed E-state index contributed by atoms with van der Waals surface area (Å²) in [6, 6.07) is 5.56. The van der Waals surface area contributed by atoms with Crippen molar-refractivity contribution < 1.29 is 19.2 Å². The van der Waals surface area contributed by atoms with E-state index in [0.717, 1.165) is 0 Å². The van der Waals surface area contributed by atoms with Crippen molar-refractivity contribution in [3.05, 3.63) is 39.9 Å². The second kappa shape index (κ2) is 7.10. The molecule has 102 valence electrons. The Bertz CT molecular complexity index is 481. The Labute approximate surface area is 110 Å². The zero-order valence-electron chi connectivity index (χ0n) is 10.7. The van der Waals surface area contributed by atoms with E-state index in [1.165, 1.54) is 24.3 Å². The molecule has 0 saturated carbocycles. The number of aliphatic imine (C=N–C) groups is 1. The molecule has 7 nitrogen and oxygen atoms in total. The number of carbonyl (C=O) groups is 1. The molecule has 0 atom stereocenters. The summed E-state index contributed by atoms with van der Waals surface area (Å²) in [7, 11) is 0. The van der Waals surface area contributed by atoms with Crippen LogP contribution in [0.1, 0.15) is 19.4 Å². The molecule has 1 amide bonds. The first-order valence-electron chi connectivity index (χ1n) is 5.71. The lowest BCUT2D eigenvalue weighted by atomic mass is 10.2. The van der Waals surface area contributed by atoms with Crippen molar-refractivity contribution >= 4 is 17.7 Å². The largest absolute Gasteiger partial charge is 0.477 e. The predicted molar refractivity (Wildman–Crippen MR) is 68.3 cm³/mol. The van der Waals surface area contributed by atoms with Gasteiger partial charge in [-0.3, -0.25) is 10.1 Å². The summed E-state index contributed by atoms with van der Waals surface area (Å²) in [6.45, 7) is 3.93. The van der Waals surface area contributed by atoms with Gasteiger partial charge < -0.3 is 9.47 Å².